The van der Waals surface area contributed by atoms with E-state index in [0.717, 1.165) is 0 Å². The van der Waals surface area contributed by atoms with E-state index in [1.807, 2.05) is 0 Å². The number of ether oxygens (including phenoxy) is 1. The molecule has 2 rings (SSSR count). The van der Waals surface area contributed by atoms with Crippen LogP contribution in [0.5, 0.6) is 0 Å². The number of hydrogen-bond acceptors (Lipinski definition) is 3. The first-order valence-electron chi connectivity index (χ1n) is 6.43. The van der Waals surface area contributed by atoms with Gasteiger partial charge in [0.05, 0.1) is 25.2 Å². The number of hydrogen-bond donors (Lipinski definition) is 2. The van der Waals surface area contributed by atoms with Crippen LogP contribution in [0.15, 0.2) is 24.3 Å². The van der Waals surface area contributed by atoms with Crippen LogP contribution >= 0.6 is 0 Å². The van der Waals surface area contributed by atoms with Gasteiger partial charge in [-0.3, -0.25) is 4.79 Å². The molecule has 0 aliphatic carbocycles. The highest BCUT2D eigenvalue weighted by atomic mass is 19.1. The van der Waals surface area contributed by atoms with Gasteiger partial charge in [-0.15, -0.1) is 0 Å². The molecule has 1 aliphatic heterocycles. The third kappa shape index (κ3) is 3.11. The van der Waals surface area contributed by atoms with Crippen molar-refractivity contribution in [3.63, 3.8) is 0 Å². The van der Waals surface area contributed by atoms with Gasteiger partial charge in [0.25, 0.3) is 0 Å². The third-order valence-electron chi connectivity index (χ3n) is 3.52. The van der Waals surface area contributed by atoms with Crippen molar-refractivity contribution in [2.24, 2.45) is 5.92 Å². The van der Waals surface area contributed by atoms with Crippen molar-refractivity contribution < 1.29 is 13.9 Å². The van der Waals surface area contributed by atoms with Crippen LogP contribution < -0.4 is 10.6 Å². The van der Waals surface area contributed by atoms with Gasteiger partial charge in [-0.05, 0) is 20.0 Å². The Morgan fingerprint density at radius 1 is 1.42 bits per heavy atom. The van der Waals surface area contributed by atoms with E-state index in [1.54, 1.807) is 32.2 Å². The first-order valence-corrected chi connectivity index (χ1v) is 6.43. The lowest BCUT2D eigenvalue weighted by molar-refractivity contribution is -0.126. The van der Waals surface area contributed by atoms with Gasteiger partial charge in [-0.1, -0.05) is 18.2 Å². The summed E-state index contributed by atoms with van der Waals surface area (Å²) in [5.74, 6) is -0.630. The van der Waals surface area contributed by atoms with E-state index in [9.17, 15) is 9.18 Å². The number of carbonyl (C=O) groups is 1. The summed E-state index contributed by atoms with van der Waals surface area (Å²) in [6, 6.07) is 6.14. The molecule has 1 fully saturated rings. The van der Waals surface area contributed by atoms with E-state index in [-0.39, 0.29) is 29.7 Å². The normalized spacial score (nSPS) is 24.2. The molecule has 19 heavy (non-hydrogen) atoms. The standard InChI is InChI=1S/C14H19FN2O2/c1-9(10-5-3-4-6-12(10)15)17-14(18)11-7-19-8-13(11)16-2/h3-6,9,11,13,16H,7-8H2,1-2H3,(H,17,18). The van der Waals surface area contributed by atoms with Gasteiger partial charge >= 0.3 is 0 Å². The minimum Gasteiger partial charge on any atom is -0.379 e. The van der Waals surface area contributed by atoms with E-state index in [4.69, 9.17) is 4.74 Å². The third-order valence-corrected chi connectivity index (χ3v) is 3.52. The fourth-order valence-electron chi connectivity index (χ4n) is 2.32. The number of amides is 1. The van der Waals surface area contributed by atoms with E-state index < -0.39 is 0 Å². The Balaban J connectivity index is 2.01. The first kappa shape index (κ1) is 14.0. The lowest BCUT2D eigenvalue weighted by atomic mass is 10.0. The molecule has 2 N–H and O–H groups in total. The van der Waals surface area contributed by atoms with Crippen LogP contribution in [0.25, 0.3) is 0 Å². The summed E-state index contributed by atoms with van der Waals surface area (Å²) in [5, 5.41) is 5.90. The molecule has 4 nitrogen and oxygen atoms in total. The Kier molecular flexibility index (Phi) is 4.50. The molecule has 0 spiro atoms. The van der Waals surface area contributed by atoms with Gasteiger partial charge in [0.2, 0.25) is 5.91 Å². The highest BCUT2D eigenvalue weighted by molar-refractivity contribution is 5.80. The maximum Gasteiger partial charge on any atom is 0.227 e. The highest BCUT2D eigenvalue weighted by Crippen LogP contribution is 2.19. The molecule has 1 amide bonds. The summed E-state index contributed by atoms with van der Waals surface area (Å²) in [5.41, 5.74) is 0.496. The molecule has 1 heterocycles. The molecule has 0 aromatic heterocycles. The summed E-state index contributed by atoms with van der Waals surface area (Å²) in [6.45, 7) is 2.71. The van der Waals surface area contributed by atoms with Crippen molar-refractivity contribution in [3.8, 4) is 0 Å². The highest BCUT2D eigenvalue weighted by Gasteiger charge is 2.33. The molecule has 3 atom stereocenters. The summed E-state index contributed by atoms with van der Waals surface area (Å²) in [6.07, 6.45) is 0. The zero-order valence-electron chi connectivity index (χ0n) is 11.2. The number of nitrogens with one attached hydrogen (secondary N) is 2. The SMILES string of the molecule is CNC1COCC1C(=O)NC(C)c1ccccc1F. The number of rotatable bonds is 4. The second kappa shape index (κ2) is 6.12. The van der Waals surface area contributed by atoms with E-state index in [1.165, 1.54) is 6.07 Å². The second-order valence-corrected chi connectivity index (χ2v) is 4.79. The van der Waals surface area contributed by atoms with Crippen molar-refractivity contribution >= 4 is 5.91 Å². The lowest BCUT2D eigenvalue weighted by Gasteiger charge is -2.20. The average molecular weight is 266 g/mol. The lowest BCUT2D eigenvalue weighted by Crippen LogP contribution is -2.43. The Hall–Kier alpha value is -1.46. The Morgan fingerprint density at radius 3 is 2.84 bits per heavy atom. The Bertz CT molecular complexity index is 453. The van der Waals surface area contributed by atoms with Gasteiger partial charge in [-0.25, -0.2) is 4.39 Å². The summed E-state index contributed by atoms with van der Waals surface area (Å²) in [7, 11) is 1.81. The maximum absolute atomic E-state index is 13.6. The minimum atomic E-state index is -0.355. The zero-order chi connectivity index (χ0) is 13.8. The van der Waals surface area contributed by atoms with Crippen LogP contribution in [0.1, 0.15) is 18.5 Å². The Morgan fingerprint density at radius 2 is 2.16 bits per heavy atom. The van der Waals surface area contributed by atoms with E-state index in [2.05, 4.69) is 10.6 Å². The number of carbonyl (C=O) groups excluding carboxylic acids is 1. The predicted octanol–water partition coefficient (Wildman–Crippen LogP) is 1.24. The molecule has 5 heteroatoms. The molecule has 1 aromatic rings. The maximum atomic E-state index is 13.6. The molecule has 0 radical (unpaired) electrons. The molecular weight excluding hydrogens is 247 g/mol. The summed E-state index contributed by atoms with van der Waals surface area (Å²) in [4.78, 5) is 12.2. The quantitative estimate of drug-likeness (QED) is 0.862. The molecule has 1 saturated heterocycles. The van der Waals surface area contributed by atoms with Crippen LogP contribution in [-0.2, 0) is 9.53 Å². The molecule has 1 aliphatic rings. The first-order chi connectivity index (χ1) is 9.13. The number of benzene rings is 1. The minimum absolute atomic E-state index is 0.0211. The monoisotopic (exact) mass is 266 g/mol. The average Bonchev–Trinajstić information content (AvgIpc) is 2.87. The van der Waals surface area contributed by atoms with Crippen molar-refractivity contribution in [1.82, 2.24) is 10.6 Å². The largest absolute Gasteiger partial charge is 0.379 e. The van der Waals surface area contributed by atoms with Crippen LogP contribution in [0.4, 0.5) is 4.39 Å². The zero-order valence-corrected chi connectivity index (χ0v) is 11.2. The molecule has 1 aromatic carbocycles. The van der Waals surface area contributed by atoms with Gasteiger partial charge in [0, 0.05) is 11.6 Å². The van der Waals surface area contributed by atoms with E-state index in [0.29, 0.717) is 18.8 Å². The summed E-state index contributed by atoms with van der Waals surface area (Å²) < 4.78 is 18.9. The number of halogens is 1. The fourth-order valence-corrected chi connectivity index (χ4v) is 2.32. The van der Waals surface area contributed by atoms with Gasteiger partial charge in [0.1, 0.15) is 5.82 Å². The Labute approximate surface area is 112 Å². The van der Waals surface area contributed by atoms with Crippen LogP contribution in [-0.4, -0.2) is 32.2 Å². The smallest absolute Gasteiger partial charge is 0.227 e. The van der Waals surface area contributed by atoms with E-state index >= 15 is 0 Å². The van der Waals surface area contributed by atoms with Crippen molar-refractivity contribution in [2.45, 2.75) is 19.0 Å². The van der Waals surface area contributed by atoms with Crippen molar-refractivity contribution in [3.05, 3.63) is 35.6 Å². The van der Waals surface area contributed by atoms with Gasteiger partial charge in [0.15, 0.2) is 0 Å². The van der Waals surface area contributed by atoms with Crippen LogP contribution in [0.3, 0.4) is 0 Å². The van der Waals surface area contributed by atoms with Crippen molar-refractivity contribution in [2.75, 3.05) is 20.3 Å². The number of likely N-dealkylation sites (N-methyl/N-ethyl adjacent to an activating group) is 1. The van der Waals surface area contributed by atoms with Crippen LogP contribution in [0.2, 0.25) is 0 Å². The predicted molar refractivity (Wildman–Crippen MR) is 70.1 cm³/mol. The van der Waals surface area contributed by atoms with Gasteiger partial charge < -0.3 is 15.4 Å². The molecule has 0 bridgehead atoms. The second-order valence-electron chi connectivity index (χ2n) is 4.79. The van der Waals surface area contributed by atoms with Crippen molar-refractivity contribution in [1.29, 1.82) is 0 Å². The summed E-state index contributed by atoms with van der Waals surface area (Å²) >= 11 is 0. The fraction of sp³-hybridized carbons (Fsp3) is 0.500. The molecule has 3 unspecified atom stereocenters. The molecule has 0 saturated carbocycles. The molecular formula is C14H19FN2O2. The van der Waals surface area contributed by atoms with Gasteiger partial charge in [-0.2, -0.15) is 0 Å². The topological polar surface area (TPSA) is 50.4 Å². The van der Waals surface area contributed by atoms with Crippen LogP contribution in [0, 0.1) is 11.7 Å². The molecule has 104 valence electrons.